The molecule has 0 spiro atoms. The third-order valence-corrected chi connectivity index (χ3v) is 2.54. The first-order valence-electron chi connectivity index (χ1n) is 6.00. The van der Waals surface area contributed by atoms with E-state index < -0.39 is 5.97 Å². The molecule has 104 valence electrons. The van der Waals surface area contributed by atoms with E-state index in [1.165, 1.54) is 24.3 Å². The average molecular weight is 266 g/mol. The summed E-state index contributed by atoms with van der Waals surface area (Å²) in [6.07, 6.45) is 3.32. The van der Waals surface area contributed by atoms with Crippen LogP contribution < -0.4 is 0 Å². The molecular formula is C14H18O5. The highest BCUT2D eigenvalue weighted by Crippen LogP contribution is 2.25. The van der Waals surface area contributed by atoms with Gasteiger partial charge in [0.1, 0.15) is 0 Å². The highest BCUT2D eigenvalue weighted by atomic mass is 16.5. The van der Waals surface area contributed by atoms with E-state index in [-0.39, 0.29) is 30.6 Å². The van der Waals surface area contributed by atoms with E-state index in [1.807, 2.05) is 6.92 Å². The molecule has 0 aliphatic carbocycles. The number of aliphatic hydroxyl groups excluding tert-OH is 1. The molecule has 0 aromatic heterocycles. The zero-order valence-corrected chi connectivity index (χ0v) is 10.7. The molecule has 5 heteroatoms. The van der Waals surface area contributed by atoms with E-state index in [0.29, 0.717) is 12.0 Å². The van der Waals surface area contributed by atoms with Gasteiger partial charge in [-0.3, -0.25) is 0 Å². The van der Waals surface area contributed by atoms with Gasteiger partial charge >= 0.3 is 5.97 Å². The second kappa shape index (κ2) is 7.43. The molecule has 3 N–H and O–H groups in total. The minimum atomic E-state index is -0.489. The van der Waals surface area contributed by atoms with E-state index in [2.05, 4.69) is 0 Å². The van der Waals surface area contributed by atoms with Crippen molar-refractivity contribution in [2.24, 2.45) is 5.92 Å². The number of carbonyl (C=O) groups is 1. The summed E-state index contributed by atoms with van der Waals surface area (Å²) in [6, 6.07) is 4.24. The van der Waals surface area contributed by atoms with Gasteiger partial charge in [-0.05, 0) is 36.1 Å². The molecule has 19 heavy (non-hydrogen) atoms. The Labute approximate surface area is 111 Å². The summed E-state index contributed by atoms with van der Waals surface area (Å²) < 4.78 is 4.98. The summed E-state index contributed by atoms with van der Waals surface area (Å²) in [5.41, 5.74) is 0.579. The topological polar surface area (TPSA) is 87.0 Å². The van der Waals surface area contributed by atoms with Gasteiger partial charge in [0.05, 0.1) is 6.61 Å². The van der Waals surface area contributed by atoms with Crippen LogP contribution in [0.15, 0.2) is 24.3 Å². The van der Waals surface area contributed by atoms with Crippen molar-refractivity contribution in [1.82, 2.24) is 0 Å². The highest BCUT2D eigenvalue weighted by molar-refractivity contribution is 5.87. The second-order valence-electron chi connectivity index (χ2n) is 4.33. The first-order chi connectivity index (χ1) is 9.02. The highest BCUT2D eigenvalue weighted by Gasteiger charge is 2.04. The van der Waals surface area contributed by atoms with Crippen LogP contribution in [0.5, 0.6) is 11.5 Å². The van der Waals surface area contributed by atoms with Crippen molar-refractivity contribution in [3.05, 3.63) is 29.8 Å². The third kappa shape index (κ3) is 5.44. The predicted octanol–water partition coefficient (Wildman–Crippen LogP) is 1.67. The number of aromatic hydroxyl groups is 2. The Kier molecular flexibility index (Phi) is 5.89. The summed E-state index contributed by atoms with van der Waals surface area (Å²) in [5.74, 6) is -0.831. The Morgan fingerprint density at radius 3 is 2.74 bits per heavy atom. The van der Waals surface area contributed by atoms with Gasteiger partial charge in [-0.1, -0.05) is 13.0 Å². The molecule has 1 aromatic carbocycles. The minimum Gasteiger partial charge on any atom is -0.504 e. The van der Waals surface area contributed by atoms with E-state index in [0.717, 1.165) is 0 Å². The Hall–Kier alpha value is -2.01. The van der Waals surface area contributed by atoms with Crippen LogP contribution in [-0.4, -0.2) is 34.5 Å². The third-order valence-electron chi connectivity index (χ3n) is 2.54. The van der Waals surface area contributed by atoms with Crippen LogP contribution in [0.3, 0.4) is 0 Å². The number of hydrogen-bond acceptors (Lipinski definition) is 5. The minimum absolute atomic E-state index is 0.0708. The zero-order valence-electron chi connectivity index (χ0n) is 10.7. The molecular weight excluding hydrogens is 248 g/mol. The molecule has 0 aliphatic rings. The van der Waals surface area contributed by atoms with Gasteiger partial charge in [0.25, 0.3) is 0 Å². The Bertz CT molecular complexity index is 453. The summed E-state index contributed by atoms with van der Waals surface area (Å²) >= 11 is 0. The van der Waals surface area contributed by atoms with Crippen molar-refractivity contribution in [1.29, 1.82) is 0 Å². The quantitative estimate of drug-likeness (QED) is 0.414. The van der Waals surface area contributed by atoms with Crippen molar-refractivity contribution < 1.29 is 24.9 Å². The lowest BCUT2D eigenvalue weighted by Gasteiger charge is -2.08. The number of rotatable bonds is 6. The van der Waals surface area contributed by atoms with E-state index in [4.69, 9.17) is 14.9 Å². The number of esters is 1. The van der Waals surface area contributed by atoms with Gasteiger partial charge in [0.2, 0.25) is 0 Å². The fourth-order valence-corrected chi connectivity index (χ4v) is 1.38. The van der Waals surface area contributed by atoms with Crippen LogP contribution in [0.4, 0.5) is 0 Å². The molecule has 1 rings (SSSR count). The lowest BCUT2D eigenvalue weighted by Crippen LogP contribution is -2.11. The van der Waals surface area contributed by atoms with E-state index in [9.17, 15) is 9.90 Å². The second-order valence-corrected chi connectivity index (χ2v) is 4.33. The monoisotopic (exact) mass is 266 g/mol. The fraction of sp³-hybridized carbons (Fsp3) is 0.357. The predicted molar refractivity (Wildman–Crippen MR) is 70.6 cm³/mol. The molecule has 0 radical (unpaired) electrons. The van der Waals surface area contributed by atoms with Gasteiger partial charge in [0, 0.05) is 12.7 Å². The van der Waals surface area contributed by atoms with Crippen molar-refractivity contribution in [3.63, 3.8) is 0 Å². The number of benzene rings is 1. The van der Waals surface area contributed by atoms with E-state index in [1.54, 1.807) is 6.07 Å². The standard InChI is InChI=1S/C14H18O5/c1-10(6-7-15)9-19-14(18)5-3-11-2-4-12(16)13(17)8-11/h2-5,8,10,15-17H,6-7,9H2,1H3/b5-3+/t10-/m0/s1. The van der Waals surface area contributed by atoms with E-state index >= 15 is 0 Å². The molecule has 1 atom stereocenters. The summed E-state index contributed by atoms with van der Waals surface area (Å²) in [4.78, 5) is 11.4. The molecule has 0 bridgehead atoms. The fourth-order valence-electron chi connectivity index (χ4n) is 1.38. The SMILES string of the molecule is C[C@@H](CCO)COC(=O)/C=C/c1ccc(O)c(O)c1. The van der Waals surface area contributed by atoms with Crippen molar-refractivity contribution in [2.75, 3.05) is 13.2 Å². The number of phenols is 2. The normalized spacial score (nSPS) is 12.5. The molecule has 0 aliphatic heterocycles. The lowest BCUT2D eigenvalue weighted by atomic mass is 10.1. The van der Waals surface area contributed by atoms with Crippen LogP contribution in [0.2, 0.25) is 0 Å². The maximum atomic E-state index is 11.4. The number of hydrogen-bond donors (Lipinski definition) is 3. The Morgan fingerprint density at radius 1 is 1.37 bits per heavy atom. The molecule has 0 fully saturated rings. The molecule has 0 heterocycles. The van der Waals surface area contributed by atoms with Gasteiger partial charge in [-0.2, -0.15) is 0 Å². The van der Waals surface area contributed by atoms with Crippen LogP contribution in [-0.2, 0) is 9.53 Å². The molecule has 1 aromatic rings. The molecule has 0 saturated heterocycles. The molecule has 0 unspecified atom stereocenters. The molecule has 5 nitrogen and oxygen atoms in total. The van der Waals surface area contributed by atoms with Crippen LogP contribution >= 0.6 is 0 Å². The molecule has 0 amide bonds. The zero-order chi connectivity index (χ0) is 14.3. The van der Waals surface area contributed by atoms with Gasteiger partial charge in [0.15, 0.2) is 11.5 Å². The summed E-state index contributed by atoms with van der Waals surface area (Å²) in [5, 5.41) is 27.1. The number of ether oxygens (including phenoxy) is 1. The lowest BCUT2D eigenvalue weighted by molar-refractivity contribution is -0.139. The smallest absolute Gasteiger partial charge is 0.330 e. The Morgan fingerprint density at radius 2 is 2.11 bits per heavy atom. The van der Waals surface area contributed by atoms with Gasteiger partial charge < -0.3 is 20.1 Å². The maximum Gasteiger partial charge on any atom is 0.330 e. The first-order valence-corrected chi connectivity index (χ1v) is 6.00. The van der Waals surface area contributed by atoms with Gasteiger partial charge in [-0.25, -0.2) is 4.79 Å². The summed E-state index contributed by atoms with van der Waals surface area (Å²) in [6.45, 7) is 2.21. The van der Waals surface area contributed by atoms with Crippen molar-refractivity contribution in [2.45, 2.75) is 13.3 Å². The average Bonchev–Trinajstić information content (AvgIpc) is 2.38. The maximum absolute atomic E-state index is 11.4. The largest absolute Gasteiger partial charge is 0.504 e. The molecule has 0 saturated carbocycles. The van der Waals surface area contributed by atoms with Crippen molar-refractivity contribution >= 4 is 12.0 Å². The van der Waals surface area contributed by atoms with Crippen molar-refractivity contribution in [3.8, 4) is 11.5 Å². The number of aliphatic hydroxyl groups is 1. The number of carbonyl (C=O) groups excluding carboxylic acids is 1. The van der Waals surface area contributed by atoms with Gasteiger partial charge in [-0.15, -0.1) is 0 Å². The number of phenolic OH excluding ortho intramolecular Hbond substituents is 2. The summed E-state index contributed by atoms with van der Waals surface area (Å²) in [7, 11) is 0. The first kappa shape index (κ1) is 15.0. The van der Waals surface area contributed by atoms with Crippen LogP contribution in [0, 0.1) is 5.92 Å². The van der Waals surface area contributed by atoms with Crippen LogP contribution in [0.25, 0.3) is 6.08 Å². The Balaban J connectivity index is 2.47. The van der Waals surface area contributed by atoms with Crippen LogP contribution in [0.1, 0.15) is 18.9 Å².